The largest absolute Gasteiger partial charge is 0.348 e. The van der Waals surface area contributed by atoms with Crippen LogP contribution in [0.4, 0.5) is 4.39 Å². The predicted molar refractivity (Wildman–Crippen MR) is 66.6 cm³/mol. The SMILES string of the molecule is CSC1CCCC1NC(=O)c1cccnc1F. The molecule has 0 radical (unpaired) electrons. The fourth-order valence-corrected chi connectivity index (χ4v) is 3.11. The van der Waals surface area contributed by atoms with E-state index in [0.717, 1.165) is 19.3 Å². The van der Waals surface area contributed by atoms with Crippen molar-refractivity contribution in [1.82, 2.24) is 10.3 Å². The first-order chi connectivity index (χ1) is 8.22. The number of nitrogens with one attached hydrogen (secondary N) is 1. The summed E-state index contributed by atoms with van der Waals surface area (Å²) in [5, 5.41) is 3.34. The molecular weight excluding hydrogens is 239 g/mol. The monoisotopic (exact) mass is 254 g/mol. The number of aromatic nitrogens is 1. The van der Waals surface area contributed by atoms with Gasteiger partial charge in [0.05, 0.1) is 5.56 Å². The van der Waals surface area contributed by atoms with Crippen LogP contribution in [0, 0.1) is 5.95 Å². The summed E-state index contributed by atoms with van der Waals surface area (Å²) in [4.78, 5) is 15.4. The van der Waals surface area contributed by atoms with Crippen molar-refractivity contribution in [2.24, 2.45) is 0 Å². The molecule has 2 atom stereocenters. The summed E-state index contributed by atoms with van der Waals surface area (Å²) in [6.45, 7) is 0. The fourth-order valence-electron chi connectivity index (χ4n) is 2.17. The highest BCUT2D eigenvalue weighted by molar-refractivity contribution is 7.99. The molecule has 92 valence electrons. The van der Waals surface area contributed by atoms with Crippen LogP contribution in [0.25, 0.3) is 0 Å². The second-order valence-corrected chi connectivity index (χ2v) is 5.20. The van der Waals surface area contributed by atoms with E-state index in [-0.39, 0.29) is 17.5 Å². The Hall–Kier alpha value is -1.10. The molecule has 0 bridgehead atoms. The third-order valence-corrected chi connectivity index (χ3v) is 4.25. The number of thioether (sulfide) groups is 1. The first kappa shape index (κ1) is 12.4. The molecule has 0 spiro atoms. The van der Waals surface area contributed by atoms with Gasteiger partial charge in [-0.2, -0.15) is 16.2 Å². The maximum Gasteiger partial charge on any atom is 0.256 e. The lowest BCUT2D eigenvalue weighted by molar-refractivity contribution is 0.0933. The molecule has 2 rings (SSSR count). The summed E-state index contributed by atoms with van der Waals surface area (Å²) in [6.07, 6.45) is 6.58. The van der Waals surface area contributed by atoms with E-state index in [0.29, 0.717) is 5.25 Å². The molecular formula is C12H15FN2OS. The van der Waals surface area contributed by atoms with Gasteiger partial charge < -0.3 is 5.32 Å². The predicted octanol–water partition coefficient (Wildman–Crippen LogP) is 2.23. The third kappa shape index (κ3) is 2.77. The summed E-state index contributed by atoms with van der Waals surface area (Å²) in [5.41, 5.74) is 0.0271. The average Bonchev–Trinajstić information content (AvgIpc) is 2.76. The summed E-state index contributed by atoms with van der Waals surface area (Å²) < 4.78 is 13.3. The fraction of sp³-hybridized carbons (Fsp3) is 0.500. The van der Waals surface area contributed by atoms with Gasteiger partial charge in [-0.15, -0.1) is 0 Å². The lowest BCUT2D eigenvalue weighted by Gasteiger charge is -2.19. The first-order valence-electron chi connectivity index (χ1n) is 5.66. The van der Waals surface area contributed by atoms with E-state index >= 15 is 0 Å². The quantitative estimate of drug-likeness (QED) is 0.841. The topological polar surface area (TPSA) is 42.0 Å². The van der Waals surface area contributed by atoms with Crippen LogP contribution in [0.15, 0.2) is 18.3 Å². The summed E-state index contributed by atoms with van der Waals surface area (Å²) in [7, 11) is 0. The molecule has 0 aromatic carbocycles. The van der Waals surface area contributed by atoms with Crippen molar-refractivity contribution in [1.29, 1.82) is 0 Å². The molecule has 1 aliphatic rings. The van der Waals surface area contributed by atoms with Gasteiger partial charge in [0.1, 0.15) is 0 Å². The number of hydrogen-bond donors (Lipinski definition) is 1. The van der Waals surface area contributed by atoms with Crippen LogP contribution in [0.1, 0.15) is 29.6 Å². The molecule has 0 saturated heterocycles. The average molecular weight is 254 g/mol. The Bertz CT molecular complexity index is 413. The highest BCUT2D eigenvalue weighted by atomic mass is 32.2. The smallest absolute Gasteiger partial charge is 0.256 e. The van der Waals surface area contributed by atoms with Crippen molar-refractivity contribution in [3.05, 3.63) is 29.8 Å². The van der Waals surface area contributed by atoms with E-state index in [2.05, 4.69) is 10.3 Å². The normalized spacial score (nSPS) is 23.6. The van der Waals surface area contributed by atoms with E-state index in [1.54, 1.807) is 17.8 Å². The van der Waals surface area contributed by atoms with Crippen molar-refractivity contribution in [2.45, 2.75) is 30.6 Å². The van der Waals surface area contributed by atoms with Gasteiger partial charge in [-0.1, -0.05) is 6.42 Å². The van der Waals surface area contributed by atoms with Crippen molar-refractivity contribution < 1.29 is 9.18 Å². The van der Waals surface area contributed by atoms with Gasteiger partial charge in [0.15, 0.2) is 0 Å². The van der Waals surface area contributed by atoms with Crippen LogP contribution in [-0.4, -0.2) is 28.4 Å². The van der Waals surface area contributed by atoms with E-state index in [1.165, 1.54) is 12.3 Å². The zero-order valence-corrected chi connectivity index (χ0v) is 10.5. The van der Waals surface area contributed by atoms with Crippen LogP contribution in [0.5, 0.6) is 0 Å². The molecule has 1 aromatic rings. The van der Waals surface area contributed by atoms with Gasteiger partial charge >= 0.3 is 0 Å². The minimum Gasteiger partial charge on any atom is -0.348 e. The lowest BCUT2D eigenvalue weighted by atomic mass is 10.2. The standard InChI is InChI=1S/C12H15FN2OS/c1-17-10-6-2-5-9(10)15-12(16)8-4-3-7-14-11(8)13/h3-4,7,9-10H,2,5-6H2,1H3,(H,15,16). The molecule has 17 heavy (non-hydrogen) atoms. The van der Waals surface area contributed by atoms with Crippen LogP contribution in [0.3, 0.4) is 0 Å². The van der Waals surface area contributed by atoms with E-state index < -0.39 is 5.95 Å². The van der Waals surface area contributed by atoms with Crippen LogP contribution in [-0.2, 0) is 0 Å². The third-order valence-electron chi connectivity index (χ3n) is 3.08. The molecule has 5 heteroatoms. The van der Waals surface area contributed by atoms with Gasteiger partial charge in [0.2, 0.25) is 5.95 Å². The second kappa shape index (κ2) is 5.49. The Morgan fingerprint density at radius 2 is 2.41 bits per heavy atom. The number of amides is 1. The lowest BCUT2D eigenvalue weighted by Crippen LogP contribution is -2.39. The Labute approximate surface area is 104 Å². The number of rotatable bonds is 3. The van der Waals surface area contributed by atoms with Gasteiger partial charge in [0, 0.05) is 17.5 Å². The zero-order valence-electron chi connectivity index (χ0n) is 9.65. The summed E-state index contributed by atoms with van der Waals surface area (Å²) in [6, 6.07) is 3.18. The number of halogens is 1. The van der Waals surface area contributed by atoms with Crippen molar-refractivity contribution in [3.8, 4) is 0 Å². The Balaban J connectivity index is 2.04. The van der Waals surface area contributed by atoms with Crippen LogP contribution < -0.4 is 5.32 Å². The highest BCUT2D eigenvalue weighted by Gasteiger charge is 2.28. The second-order valence-electron chi connectivity index (χ2n) is 4.13. The number of pyridine rings is 1. The van der Waals surface area contributed by atoms with Crippen LogP contribution in [0.2, 0.25) is 0 Å². The molecule has 2 unspecified atom stereocenters. The van der Waals surface area contributed by atoms with E-state index in [9.17, 15) is 9.18 Å². The van der Waals surface area contributed by atoms with Crippen molar-refractivity contribution in [2.75, 3.05) is 6.26 Å². The van der Waals surface area contributed by atoms with Gasteiger partial charge in [-0.05, 0) is 31.2 Å². The summed E-state index contributed by atoms with van der Waals surface area (Å²) in [5.74, 6) is -1.06. The number of nitrogens with zero attached hydrogens (tertiary/aromatic N) is 1. The van der Waals surface area contributed by atoms with Crippen molar-refractivity contribution >= 4 is 17.7 Å². The number of hydrogen-bond acceptors (Lipinski definition) is 3. The first-order valence-corrected chi connectivity index (χ1v) is 6.95. The molecule has 1 saturated carbocycles. The molecule has 1 N–H and O–H groups in total. The minimum atomic E-state index is -0.705. The van der Waals surface area contributed by atoms with Gasteiger partial charge in [-0.3, -0.25) is 4.79 Å². The molecule has 0 aliphatic heterocycles. The molecule has 1 amide bonds. The Morgan fingerprint density at radius 1 is 1.59 bits per heavy atom. The molecule has 1 fully saturated rings. The minimum absolute atomic E-state index is 0.0271. The van der Waals surface area contributed by atoms with Gasteiger partial charge in [-0.25, -0.2) is 4.98 Å². The Morgan fingerprint density at radius 3 is 3.12 bits per heavy atom. The van der Waals surface area contributed by atoms with Gasteiger partial charge in [0.25, 0.3) is 5.91 Å². The summed E-state index contributed by atoms with van der Waals surface area (Å²) >= 11 is 1.76. The zero-order chi connectivity index (χ0) is 12.3. The van der Waals surface area contributed by atoms with E-state index in [4.69, 9.17) is 0 Å². The molecule has 3 nitrogen and oxygen atoms in total. The molecule has 1 aliphatic carbocycles. The van der Waals surface area contributed by atoms with E-state index in [1.807, 2.05) is 6.26 Å². The van der Waals surface area contributed by atoms with Crippen molar-refractivity contribution in [3.63, 3.8) is 0 Å². The molecule has 1 heterocycles. The number of carbonyl (C=O) groups is 1. The van der Waals surface area contributed by atoms with Crippen LogP contribution >= 0.6 is 11.8 Å². The maximum absolute atomic E-state index is 13.3. The maximum atomic E-state index is 13.3. The Kier molecular flexibility index (Phi) is 3.99. The highest BCUT2D eigenvalue weighted by Crippen LogP contribution is 2.28. The molecule has 1 aromatic heterocycles. The number of carbonyl (C=O) groups excluding carboxylic acids is 1.